The number of pyridine rings is 1. The first-order chi connectivity index (χ1) is 12.8. The van der Waals surface area contributed by atoms with Gasteiger partial charge in [0.05, 0.1) is 18.1 Å². The summed E-state index contributed by atoms with van der Waals surface area (Å²) in [5, 5.41) is 9.52. The fourth-order valence-electron chi connectivity index (χ4n) is 3.43. The first-order valence-electron chi connectivity index (χ1n) is 8.82. The monoisotopic (exact) mass is 389 g/mol. The number of hydrogen-bond donors (Lipinski definition) is 2. The lowest BCUT2D eigenvalue weighted by atomic mass is 9.90. The quantitative estimate of drug-likeness (QED) is 0.788. The number of carboxylic acid groups (broad SMARTS) is 1. The van der Waals surface area contributed by atoms with Crippen molar-refractivity contribution in [3.05, 3.63) is 53.7 Å². The highest BCUT2D eigenvalue weighted by atomic mass is 32.2. The van der Waals surface area contributed by atoms with Crippen LogP contribution in [0.1, 0.15) is 28.8 Å². The van der Waals surface area contributed by atoms with Crippen LogP contribution in [-0.2, 0) is 16.4 Å². The van der Waals surface area contributed by atoms with E-state index < -0.39 is 16.0 Å². The van der Waals surface area contributed by atoms with Gasteiger partial charge in [-0.2, -0.15) is 0 Å². The Balaban J connectivity index is 1.70. The van der Waals surface area contributed by atoms with Gasteiger partial charge in [-0.1, -0.05) is 30.3 Å². The molecule has 2 heterocycles. The summed E-state index contributed by atoms with van der Waals surface area (Å²) < 4.78 is 25.0. The van der Waals surface area contributed by atoms with Gasteiger partial charge in [0.1, 0.15) is 11.4 Å². The molecule has 0 bridgehead atoms. The molecule has 27 heavy (non-hydrogen) atoms. The molecule has 0 radical (unpaired) electrons. The van der Waals surface area contributed by atoms with Crippen LogP contribution in [0.5, 0.6) is 0 Å². The third-order valence-electron chi connectivity index (χ3n) is 4.68. The number of sulfonamides is 1. The largest absolute Gasteiger partial charge is 0.478 e. The van der Waals surface area contributed by atoms with Gasteiger partial charge in [-0.15, -0.1) is 0 Å². The maximum Gasteiger partial charge on any atom is 0.339 e. The van der Waals surface area contributed by atoms with E-state index in [1.165, 1.54) is 17.8 Å². The number of benzene rings is 1. The number of rotatable bonds is 6. The second-order valence-electron chi connectivity index (χ2n) is 6.89. The molecule has 0 amide bonds. The third-order valence-corrected chi connectivity index (χ3v) is 5.29. The number of nitrogens with zero attached hydrogens (tertiary/aromatic N) is 2. The summed E-state index contributed by atoms with van der Waals surface area (Å²) in [6.45, 7) is 1.45. The van der Waals surface area contributed by atoms with Gasteiger partial charge < -0.3 is 10.0 Å². The second kappa shape index (κ2) is 7.96. The highest BCUT2D eigenvalue weighted by Crippen LogP contribution is 2.28. The molecule has 1 aliphatic rings. The Labute approximate surface area is 159 Å². The Morgan fingerprint density at radius 1 is 1.26 bits per heavy atom. The molecule has 1 aliphatic heterocycles. The van der Waals surface area contributed by atoms with Crippen LogP contribution in [0.2, 0.25) is 0 Å². The van der Waals surface area contributed by atoms with E-state index in [1.54, 1.807) is 0 Å². The molecule has 1 saturated heterocycles. The summed E-state index contributed by atoms with van der Waals surface area (Å²) >= 11 is 0. The molecule has 144 valence electrons. The molecule has 0 aliphatic carbocycles. The van der Waals surface area contributed by atoms with Crippen LogP contribution >= 0.6 is 0 Å². The van der Waals surface area contributed by atoms with E-state index in [2.05, 4.69) is 21.8 Å². The zero-order valence-corrected chi connectivity index (χ0v) is 15.9. The smallest absolute Gasteiger partial charge is 0.339 e. The standard InChI is InChI=1S/C19H23N3O4S/c1-27(25,26)21-16-12-17(19(23)24)18(20-13-16)22-9-7-15(8-10-22)11-14-5-3-2-4-6-14/h2-6,12-13,15,21H,7-11H2,1H3,(H,23,24). The summed E-state index contributed by atoms with van der Waals surface area (Å²) in [5.41, 5.74) is 1.47. The van der Waals surface area contributed by atoms with Gasteiger partial charge in [0.15, 0.2) is 0 Å². The van der Waals surface area contributed by atoms with Crippen LogP contribution in [0.15, 0.2) is 42.6 Å². The van der Waals surface area contributed by atoms with E-state index in [0.29, 0.717) is 11.7 Å². The first kappa shape index (κ1) is 19.2. The topological polar surface area (TPSA) is 99.6 Å². The van der Waals surface area contributed by atoms with Crippen molar-refractivity contribution in [2.24, 2.45) is 5.92 Å². The Hall–Kier alpha value is -2.61. The summed E-state index contributed by atoms with van der Waals surface area (Å²) in [7, 11) is -3.49. The molecule has 2 N–H and O–H groups in total. The fourth-order valence-corrected chi connectivity index (χ4v) is 3.97. The Bertz CT molecular complexity index is 908. The number of nitrogens with one attached hydrogen (secondary N) is 1. The lowest BCUT2D eigenvalue weighted by Gasteiger charge is -2.33. The van der Waals surface area contributed by atoms with Crippen molar-refractivity contribution in [1.29, 1.82) is 0 Å². The number of hydrogen-bond acceptors (Lipinski definition) is 5. The van der Waals surface area contributed by atoms with Crippen LogP contribution in [0.3, 0.4) is 0 Å². The van der Waals surface area contributed by atoms with E-state index in [4.69, 9.17) is 0 Å². The maximum absolute atomic E-state index is 11.6. The lowest BCUT2D eigenvalue weighted by molar-refractivity contribution is 0.0697. The lowest BCUT2D eigenvalue weighted by Crippen LogP contribution is -2.36. The molecule has 0 spiro atoms. The van der Waals surface area contributed by atoms with Crippen LogP contribution in [0.25, 0.3) is 0 Å². The van der Waals surface area contributed by atoms with Crippen molar-refractivity contribution < 1.29 is 18.3 Å². The number of piperidine rings is 1. The van der Waals surface area contributed by atoms with Crippen molar-refractivity contribution in [1.82, 2.24) is 4.98 Å². The van der Waals surface area contributed by atoms with Crippen LogP contribution in [0.4, 0.5) is 11.5 Å². The third kappa shape index (κ3) is 5.19. The average molecular weight is 389 g/mol. The second-order valence-corrected chi connectivity index (χ2v) is 8.64. The molecule has 0 atom stereocenters. The van der Waals surface area contributed by atoms with Gasteiger partial charge in [-0.05, 0) is 36.8 Å². The van der Waals surface area contributed by atoms with Crippen LogP contribution in [0, 0.1) is 5.92 Å². The van der Waals surface area contributed by atoms with Gasteiger partial charge >= 0.3 is 5.97 Å². The summed E-state index contributed by atoms with van der Waals surface area (Å²) in [5.74, 6) is -0.177. The van der Waals surface area contributed by atoms with E-state index in [-0.39, 0.29) is 11.3 Å². The van der Waals surface area contributed by atoms with Crippen molar-refractivity contribution in [3.8, 4) is 0 Å². The van der Waals surface area contributed by atoms with Gasteiger partial charge in [-0.25, -0.2) is 18.2 Å². The minimum atomic E-state index is -3.49. The number of carbonyl (C=O) groups is 1. The van der Waals surface area contributed by atoms with Gasteiger partial charge in [0, 0.05) is 13.1 Å². The van der Waals surface area contributed by atoms with E-state index in [9.17, 15) is 18.3 Å². The molecule has 1 fully saturated rings. The zero-order valence-electron chi connectivity index (χ0n) is 15.1. The minimum Gasteiger partial charge on any atom is -0.478 e. The van der Waals surface area contributed by atoms with Gasteiger partial charge in [0.2, 0.25) is 10.0 Å². The van der Waals surface area contributed by atoms with E-state index in [0.717, 1.165) is 38.6 Å². The van der Waals surface area contributed by atoms with Gasteiger partial charge in [0.25, 0.3) is 0 Å². The van der Waals surface area contributed by atoms with Crippen molar-refractivity contribution in [3.63, 3.8) is 0 Å². The van der Waals surface area contributed by atoms with E-state index >= 15 is 0 Å². The SMILES string of the molecule is CS(=O)(=O)Nc1cnc(N2CCC(Cc3ccccc3)CC2)c(C(=O)O)c1. The molecule has 2 aromatic rings. The van der Waals surface area contributed by atoms with Crippen molar-refractivity contribution in [2.45, 2.75) is 19.3 Å². The highest BCUT2D eigenvalue weighted by Gasteiger charge is 2.24. The van der Waals surface area contributed by atoms with Crippen LogP contribution < -0.4 is 9.62 Å². The Kier molecular flexibility index (Phi) is 5.65. The number of aromatic nitrogens is 1. The number of anilines is 2. The zero-order chi connectivity index (χ0) is 19.4. The molecule has 0 saturated carbocycles. The van der Waals surface area contributed by atoms with Crippen LogP contribution in [-0.4, -0.2) is 43.8 Å². The average Bonchev–Trinajstić information content (AvgIpc) is 2.62. The van der Waals surface area contributed by atoms with Gasteiger partial charge in [-0.3, -0.25) is 4.72 Å². The fraction of sp³-hybridized carbons (Fsp3) is 0.368. The first-order valence-corrected chi connectivity index (χ1v) is 10.7. The number of carboxylic acids is 1. The maximum atomic E-state index is 11.6. The molecule has 8 heteroatoms. The molecule has 7 nitrogen and oxygen atoms in total. The number of aromatic carboxylic acids is 1. The predicted octanol–water partition coefficient (Wildman–Crippen LogP) is 2.61. The normalized spacial score (nSPS) is 15.5. The molecular weight excluding hydrogens is 366 g/mol. The Morgan fingerprint density at radius 2 is 1.93 bits per heavy atom. The highest BCUT2D eigenvalue weighted by molar-refractivity contribution is 7.92. The summed E-state index contributed by atoms with van der Waals surface area (Å²) in [4.78, 5) is 17.8. The minimum absolute atomic E-state index is 0.00478. The summed E-state index contributed by atoms with van der Waals surface area (Å²) in [6.07, 6.45) is 5.31. The molecular formula is C19H23N3O4S. The predicted molar refractivity (Wildman–Crippen MR) is 105 cm³/mol. The Morgan fingerprint density at radius 3 is 2.52 bits per heavy atom. The molecule has 0 unspecified atom stereocenters. The van der Waals surface area contributed by atoms with Crippen molar-refractivity contribution >= 4 is 27.5 Å². The molecule has 1 aromatic carbocycles. The molecule has 1 aromatic heterocycles. The molecule has 3 rings (SSSR count). The summed E-state index contributed by atoms with van der Waals surface area (Å²) in [6, 6.07) is 11.7. The van der Waals surface area contributed by atoms with Crippen molar-refractivity contribution in [2.75, 3.05) is 29.0 Å². The van der Waals surface area contributed by atoms with E-state index in [1.807, 2.05) is 23.1 Å².